The van der Waals surface area contributed by atoms with Gasteiger partial charge in [-0.2, -0.15) is 8.78 Å². The van der Waals surface area contributed by atoms with Gasteiger partial charge in [0.2, 0.25) is 5.91 Å². The number of halogens is 2. The van der Waals surface area contributed by atoms with E-state index in [1.165, 1.54) is 17.8 Å². The van der Waals surface area contributed by atoms with Gasteiger partial charge in [0.25, 0.3) is 0 Å². The third kappa shape index (κ3) is 4.43. The first kappa shape index (κ1) is 20.5. The van der Waals surface area contributed by atoms with Gasteiger partial charge in [0.1, 0.15) is 5.75 Å². The predicted octanol–water partition coefficient (Wildman–Crippen LogP) is 4.33. The summed E-state index contributed by atoms with van der Waals surface area (Å²) < 4.78 is 30.3. The molecule has 0 radical (unpaired) electrons. The molecule has 0 saturated carbocycles. The minimum atomic E-state index is -2.93. The molecule has 0 atom stereocenters. The normalized spacial score (nSPS) is 13.6. The number of fused-ring (bicyclic) bond motifs is 1. The number of para-hydroxylation sites is 1. The molecule has 28 heavy (non-hydrogen) atoms. The SMILES string of the molecule is CSc1nc(C)c(CCC(=O)N2CCCc3cccc(OC(F)F)c32)c(C)n1. The highest BCUT2D eigenvalue weighted by Crippen LogP contribution is 2.37. The zero-order valence-corrected chi connectivity index (χ0v) is 17.0. The van der Waals surface area contributed by atoms with Crippen LogP contribution in [0.25, 0.3) is 0 Å². The van der Waals surface area contributed by atoms with Crippen LogP contribution < -0.4 is 9.64 Å². The van der Waals surface area contributed by atoms with E-state index in [4.69, 9.17) is 0 Å². The third-order valence-electron chi connectivity index (χ3n) is 4.87. The Morgan fingerprint density at radius 1 is 1.29 bits per heavy atom. The average molecular weight is 407 g/mol. The number of amides is 1. The largest absolute Gasteiger partial charge is 0.433 e. The van der Waals surface area contributed by atoms with E-state index >= 15 is 0 Å². The summed E-state index contributed by atoms with van der Waals surface area (Å²) in [5.74, 6) is -0.0559. The first-order chi connectivity index (χ1) is 13.4. The Labute approximate surface area is 167 Å². The van der Waals surface area contributed by atoms with Crippen LogP contribution in [-0.4, -0.2) is 35.3 Å². The fraction of sp³-hybridized carbons (Fsp3) is 0.450. The van der Waals surface area contributed by atoms with Crippen molar-refractivity contribution in [2.75, 3.05) is 17.7 Å². The van der Waals surface area contributed by atoms with Crippen molar-refractivity contribution in [3.05, 3.63) is 40.7 Å². The third-order valence-corrected chi connectivity index (χ3v) is 5.42. The molecule has 0 N–H and O–H groups in total. The van der Waals surface area contributed by atoms with Gasteiger partial charge in [-0.1, -0.05) is 23.9 Å². The van der Waals surface area contributed by atoms with E-state index in [1.54, 1.807) is 11.0 Å². The number of aromatic nitrogens is 2. The molecule has 3 rings (SSSR count). The molecule has 1 aromatic carbocycles. The average Bonchev–Trinajstić information content (AvgIpc) is 2.66. The Morgan fingerprint density at radius 2 is 2.00 bits per heavy atom. The van der Waals surface area contributed by atoms with Gasteiger partial charge in [-0.3, -0.25) is 4.79 Å². The molecule has 0 fully saturated rings. The molecule has 0 aliphatic carbocycles. The molecule has 5 nitrogen and oxygen atoms in total. The number of alkyl halides is 2. The second-order valence-corrected chi connectivity index (χ2v) is 7.42. The van der Waals surface area contributed by atoms with Gasteiger partial charge in [-0.15, -0.1) is 0 Å². The number of benzene rings is 1. The van der Waals surface area contributed by atoms with Gasteiger partial charge in [-0.05, 0) is 56.6 Å². The summed E-state index contributed by atoms with van der Waals surface area (Å²) in [7, 11) is 0. The zero-order chi connectivity index (χ0) is 20.3. The van der Waals surface area contributed by atoms with Crippen LogP contribution in [0.3, 0.4) is 0 Å². The predicted molar refractivity (Wildman–Crippen MR) is 105 cm³/mol. The van der Waals surface area contributed by atoms with Gasteiger partial charge in [0.15, 0.2) is 5.16 Å². The maximum absolute atomic E-state index is 13.0. The van der Waals surface area contributed by atoms with Crippen molar-refractivity contribution in [1.29, 1.82) is 0 Å². The molecule has 2 aromatic rings. The van der Waals surface area contributed by atoms with Crippen molar-refractivity contribution in [3.8, 4) is 5.75 Å². The molecular weight excluding hydrogens is 384 g/mol. The van der Waals surface area contributed by atoms with Gasteiger partial charge < -0.3 is 9.64 Å². The van der Waals surface area contributed by atoms with E-state index in [0.29, 0.717) is 23.8 Å². The molecule has 0 unspecified atom stereocenters. The smallest absolute Gasteiger partial charge is 0.387 e. The highest BCUT2D eigenvalue weighted by Gasteiger charge is 2.27. The standard InChI is InChI=1S/C20H23F2N3O2S/c1-12-15(13(2)24-20(23-12)28-3)9-10-17(26)25-11-5-7-14-6-4-8-16(18(14)25)27-19(21)22/h4,6,8,19H,5,7,9-11H2,1-3H3. The molecule has 0 saturated heterocycles. The zero-order valence-electron chi connectivity index (χ0n) is 16.2. The molecule has 1 amide bonds. The van der Waals surface area contributed by atoms with Gasteiger partial charge in [0.05, 0.1) is 5.69 Å². The van der Waals surface area contributed by atoms with Crippen molar-refractivity contribution in [2.24, 2.45) is 0 Å². The number of anilines is 1. The Kier molecular flexibility index (Phi) is 6.49. The summed E-state index contributed by atoms with van der Waals surface area (Å²) in [6.45, 7) is 1.40. The van der Waals surface area contributed by atoms with Crippen LogP contribution in [0, 0.1) is 13.8 Å². The van der Waals surface area contributed by atoms with Crippen LogP contribution in [0.5, 0.6) is 5.75 Å². The van der Waals surface area contributed by atoms with E-state index in [9.17, 15) is 13.6 Å². The summed E-state index contributed by atoms with van der Waals surface area (Å²) in [4.78, 5) is 23.4. The second kappa shape index (κ2) is 8.86. The summed E-state index contributed by atoms with van der Waals surface area (Å²) in [6.07, 6.45) is 4.22. The van der Waals surface area contributed by atoms with Crippen molar-refractivity contribution < 1.29 is 18.3 Å². The maximum Gasteiger partial charge on any atom is 0.387 e. The number of nitrogens with zero attached hydrogens (tertiary/aromatic N) is 3. The van der Waals surface area contributed by atoms with Crippen molar-refractivity contribution in [2.45, 2.75) is 51.3 Å². The molecule has 2 heterocycles. The van der Waals surface area contributed by atoms with Gasteiger partial charge >= 0.3 is 6.61 Å². The minimum Gasteiger partial charge on any atom is -0.433 e. The quantitative estimate of drug-likeness (QED) is 0.527. The number of thioether (sulfide) groups is 1. The highest BCUT2D eigenvalue weighted by atomic mass is 32.2. The lowest BCUT2D eigenvalue weighted by molar-refractivity contribution is -0.118. The fourth-order valence-electron chi connectivity index (χ4n) is 3.58. The summed E-state index contributed by atoms with van der Waals surface area (Å²) in [5, 5.41) is 0.712. The number of carbonyl (C=O) groups is 1. The summed E-state index contributed by atoms with van der Waals surface area (Å²) >= 11 is 1.48. The molecule has 1 aliphatic heterocycles. The molecule has 150 valence electrons. The molecule has 0 spiro atoms. The number of ether oxygens (including phenoxy) is 1. The van der Waals surface area contributed by atoms with E-state index in [-0.39, 0.29) is 18.1 Å². The summed E-state index contributed by atoms with van der Waals surface area (Å²) in [5.41, 5.74) is 4.02. The van der Waals surface area contributed by atoms with Gasteiger partial charge in [-0.25, -0.2) is 9.97 Å². The van der Waals surface area contributed by atoms with Gasteiger partial charge in [0, 0.05) is 24.4 Å². The highest BCUT2D eigenvalue weighted by molar-refractivity contribution is 7.98. The Bertz CT molecular complexity index is 854. The van der Waals surface area contributed by atoms with Crippen molar-refractivity contribution in [3.63, 3.8) is 0 Å². The fourth-order valence-corrected chi connectivity index (χ4v) is 4.04. The van der Waals surface area contributed by atoms with Crippen LogP contribution in [0.2, 0.25) is 0 Å². The van der Waals surface area contributed by atoms with Crippen LogP contribution in [0.1, 0.15) is 35.4 Å². The molecule has 1 aliphatic rings. The number of hydrogen-bond acceptors (Lipinski definition) is 5. The van der Waals surface area contributed by atoms with E-state index < -0.39 is 6.61 Å². The van der Waals surface area contributed by atoms with Crippen LogP contribution in [0.4, 0.5) is 14.5 Å². The maximum atomic E-state index is 13.0. The molecule has 8 heteroatoms. The lowest BCUT2D eigenvalue weighted by Crippen LogP contribution is -2.36. The minimum absolute atomic E-state index is 0.0561. The number of rotatable bonds is 6. The summed E-state index contributed by atoms with van der Waals surface area (Å²) in [6, 6.07) is 5.03. The Hall–Kier alpha value is -2.22. The Morgan fingerprint density at radius 3 is 2.64 bits per heavy atom. The van der Waals surface area contributed by atoms with Crippen molar-refractivity contribution >= 4 is 23.4 Å². The first-order valence-electron chi connectivity index (χ1n) is 9.16. The molecular formula is C20H23F2N3O2S. The number of aryl methyl sites for hydroxylation is 3. The number of hydrogen-bond donors (Lipinski definition) is 0. The first-order valence-corrected chi connectivity index (χ1v) is 10.4. The van der Waals surface area contributed by atoms with E-state index in [0.717, 1.165) is 35.4 Å². The van der Waals surface area contributed by atoms with Crippen LogP contribution in [-0.2, 0) is 17.6 Å². The Balaban J connectivity index is 1.80. The monoisotopic (exact) mass is 407 g/mol. The van der Waals surface area contributed by atoms with E-state index in [2.05, 4.69) is 14.7 Å². The van der Waals surface area contributed by atoms with Crippen LogP contribution in [0.15, 0.2) is 23.4 Å². The lowest BCUT2D eigenvalue weighted by Gasteiger charge is -2.31. The molecule has 1 aromatic heterocycles. The second-order valence-electron chi connectivity index (χ2n) is 6.65. The molecule has 0 bridgehead atoms. The topological polar surface area (TPSA) is 55.3 Å². The lowest BCUT2D eigenvalue weighted by atomic mass is 9.99. The number of carbonyl (C=O) groups excluding carboxylic acids is 1. The van der Waals surface area contributed by atoms with E-state index in [1.807, 2.05) is 26.2 Å². The van der Waals surface area contributed by atoms with Crippen LogP contribution >= 0.6 is 11.8 Å². The van der Waals surface area contributed by atoms with Crippen molar-refractivity contribution in [1.82, 2.24) is 9.97 Å².